The molecule has 0 spiro atoms. The smallest absolute Gasteiger partial charge is 0.307 e. The van der Waals surface area contributed by atoms with Crippen LogP contribution in [0.1, 0.15) is 30.0 Å². The van der Waals surface area contributed by atoms with Crippen LogP contribution in [0.25, 0.3) is 0 Å². The van der Waals surface area contributed by atoms with Gasteiger partial charge in [0.2, 0.25) is 0 Å². The Morgan fingerprint density at radius 1 is 1.35 bits per heavy atom. The number of rotatable bonds is 3. The Morgan fingerprint density at radius 2 is 1.95 bits per heavy atom. The molecule has 1 aliphatic heterocycles. The molecule has 2 atom stereocenters. The van der Waals surface area contributed by atoms with Crippen molar-refractivity contribution in [3.63, 3.8) is 0 Å². The fourth-order valence-corrected chi connectivity index (χ4v) is 3.51. The molecule has 1 aromatic carbocycles. The van der Waals surface area contributed by atoms with Gasteiger partial charge in [-0.05, 0) is 55.0 Å². The van der Waals surface area contributed by atoms with Gasteiger partial charge in [-0.15, -0.1) is 0 Å². The second-order valence-electron chi connectivity index (χ2n) is 6.09. The molecule has 0 radical (unpaired) electrons. The first-order valence-electron chi connectivity index (χ1n) is 7.07. The highest BCUT2D eigenvalue weighted by molar-refractivity contribution is 6.30. The van der Waals surface area contributed by atoms with Crippen molar-refractivity contribution in [3.05, 3.63) is 33.8 Å². The molecule has 1 heterocycles. The van der Waals surface area contributed by atoms with E-state index < -0.39 is 5.97 Å². The Labute approximate surface area is 125 Å². The lowest BCUT2D eigenvalue weighted by Crippen LogP contribution is -2.42. The molecule has 0 saturated carbocycles. The van der Waals surface area contributed by atoms with E-state index >= 15 is 0 Å². The number of likely N-dealkylation sites (tertiary alicyclic amines) is 1. The Kier molecular flexibility index (Phi) is 4.71. The lowest BCUT2D eigenvalue weighted by atomic mass is 9.90. The van der Waals surface area contributed by atoms with Crippen LogP contribution in [-0.4, -0.2) is 29.1 Å². The lowest BCUT2D eigenvalue weighted by molar-refractivity contribution is -0.144. The van der Waals surface area contributed by atoms with Gasteiger partial charge >= 0.3 is 5.97 Å². The van der Waals surface area contributed by atoms with Crippen LogP contribution in [0.5, 0.6) is 0 Å². The SMILES string of the molecule is Cc1cc(Cl)cc(C)c1CN1CC(C)CC(C(=O)O)C1. The third-order valence-corrected chi connectivity index (χ3v) is 4.35. The number of aliphatic carboxylic acids is 1. The highest BCUT2D eigenvalue weighted by atomic mass is 35.5. The van der Waals surface area contributed by atoms with Crippen LogP contribution in [0.4, 0.5) is 0 Å². The molecule has 1 aliphatic rings. The topological polar surface area (TPSA) is 40.5 Å². The van der Waals surface area contributed by atoms with E-state index in [2.05, 4.69) is 25.7 Å². The minimum absolute atomic E-state index is 0.244. The summed E-state index contributed by atoms with van der Waals surface area (Å²) in [5.41, 5.74) is 3.63. The Bertz CT molecular complexity index is 492. The third kappa shape index (κ3) is 3.53. The van der Waals surface area contributed by atoms with Gasteiger partial charge in [-0.3, -0.25) is 9.69 Å². The Balaban J connectivity index is 2.15. The third-order valence-electron chi connectivity index (χ3n) is 4.13. The second-order valence-corrected chi connectivity index (χ2v) is 6.52. The monoisotopic (exact) mass is 295 g/mol. The predicted molar refractivity (Wildman–Crippen MR) is 81.1 cm³/mol. The number of aryl methyl sites for hydroxylation is 2. The molecule has 1 aromatic rings. The van der Waals surface area contributed by atoms with Gasteiger partial charge in [0.15, 0.2) is 0 Å². The van der Waals surface area contributed by atoms with Crippen molar-refractivity contribution in [2.24, 2.45) is 11.8 Å². The number of nitrogens with zero attached hydrogens (tertiary/aromatic N) is 1. The maximum Gasteiger partial charge on any atom is 0.307 e. The average molecular weight is 296 g/mol. The van der Waals surface area contributed by atoms with Crippen LogP contribution in [0.3, 0.4) is 0 Å². The molecule has 1 saturated heterocycles. The van der Waals surface area contributed by atoms with Crippen LogP contribution in [0, 0.1) is 25.7 Å². The van der Waals surface area contributed by atoms with Gasteiger partial charge in [0, 0.05) is 24.7 Å². The van der Waals surface area contributed by atoms with E-state index in [0.29, 0.717) is 12.5 Å². The Hall–Kier alpha value is -1.06. The first-order valence-corrected chi connectivity index (χ1v) is 7.45. The van der Waals surface area contributed by atoms with Crippen molar-refractivity contribution in [2.45, 2.75) is 33.7 Å². The Morgan fingerprint density at radius 3 is 2.50 bits per heavy atom. The highest BCUT2D eigenvalue weighted by Crippen LogP contribution is 2.26. The van der Waals surface area contributed by atoms with Crippen molar-refractivity contribution < 1.29 is 9.90 Å². The molecule has 20 heavy (non-hydrogen) atoms. The average Bonchev–Trinajstić information content (AvgIpc) is 2.33. The van der Waals surface area contributed by atoms with Gasteiger partial charge in [0.25, 0.3) is 0 Å². The fourth-order valence-electron chi connectivity index (χ4n) is 3.18. The largest absolute Gasteiger partial charge is 0.481 e. The normalized spacial score (nSPS) is 23.8. The molecule has 0 aliphatic carbocycles. The van der Waals surface area contributed by atoms with Gasteiger partial charge in [0.05, 0.1) is 5.92 Å². The summed E-state index contributed by atoms with van der Waals surface area (Å²) in [5.74, 6) is -0.490. The van der Waals surface area contributed by atoms with Crippen LogP contribution >= 0.6 is 11.6 Å². The van der Waals surface area contributed by atoms with Crippen molar-refractivity contribution in [1.82, 2.24) is 4.90 Å². The van der Waals surface area contributed by atoms with Crippen molar-refractivity contribution >= 4 is 17.6 Å². The summed E-state index contributed by atoms with van der Waals surface area (Å²) in [6, 6.07) is 3.96. The van der Waals surface area contributed by atoms with Gasteiger partial charge in [-0.2, -0.15) is 0 Å². The molecule has 110 valence electrons. The minimum Gasteiger partial charge on any atom is -0.481 e. The number of hydrogen-bond donors (Lipinski definition) is 1. The van der Waals surface area contributed by atoms with E-state index in [4.69, 9.17) is 11.6 Å². The minimum atomic E-state index is -0.675. The van der Waals surface area contributed by atoms with Gasteiger partial charge in [0.1, 0.15) is 0 Å². The zero-order valence-electron chi connectivity index (χ0n) is 12.3. The van der Waals surface area contributed by atoms with E-state index in [1.807, 2.05) is 12.1 Å². The van der Waals surface area contributed by atoms with E-state index in [-0.39, 0.29) is 5.92 Å². The van der Waals surface area contributed by atoms with Crippen LogP contribution in [0.2, 0.25) is 5.02 Å². The number of benzene rings is 1. The van der Waals surface area contributed by atoms with Crippen molar-refractivity contribution in [1.29, 1.82) is 0 Å². The van der Waals surface area contributed by atoms with E-state index in [0.717, 1.165) is 24.5 Å². The highest BCUT2D eigenvalue weighted by Gasteiger charge is 2.29. The summed E-state index contributed by atoms with van der Waals surface area (Å²) in [5, 5.41) is 10.0. The summed E-state index contributed by atoms with van der Waals surface area (Å²) < 4.78 is 0. The van der Waals surface area contributed by atoms with Crippen molar-refractivity contribution in [3.8, 4) is 0 Å². The molecule has 0 amide bonds. The number of carbonyl (C=O) groups is 1. The standard InChI is InChI=1S/C16H22ClNO2/c1-10-4-13(16(19)20)8-18(7-10)9-15-11(2)5-14(17)6-12(15)3/h5-6,10,13H,4,7-9H2,1-3H3,(H,19,20). The molecule has 4 heteroatoms. The number of halogens is 1. The molecule has 1 fully saturated rings. The maximum atomic E-state index is 11.2. The summed E-state index contributed by atoms with van der Waals surface area (Å²) in [6.07, 6.45) is 0.782. The quantitative estimate of drug-likeness (QED) is 0.928. The summed E-state index contributed by atoms with van der Waals surface area (Å²) in [7, 11) is 0. The molecule has 1 N–H and O–H groups in total. The molecule has 2 rings (SSSR count). The number of hydrogen-bond acceptors (Lipinski definition) is 2. The summed E-state index contributed by atoms with van der Waals surface area (Å²) >= 11 is 6.06. The molecule has 0 aromatic heterocycles. The molecule has 2 unspecified atom stereocenters. The molecule has 3 nitrogen and oxygen atoms in total. The predicted octanol–water partition coefficient (Wildman–Crippen LogP) is 3.50. The maximum absolute atomic E-state index is 11.2. The molecular weight excluding hydrogens is 274 g/mol. The first kappa shape index (κ1) is 15.3. The van der Waals surface area contributed by atoms with E-state index in [1.54, 1.807) is 0 Å². The number of piperidine rings is 1. The van der Waals surface area contributed by atoms with E-state index in [1.165, 1.54) is 16.7 Å². The van der Waals surface area contributed by atoms with E-state index in [9.17, 15) is 9.90 Å². The van der Waals surface area contributed by atoms with Crippen LogP contribution in [0.15, 0.2) is 12.1 Å². The number of carboxylic acids is 1. The van der Waals surface area contributed by atoms with Crippen LogP contribution in [-0.2, 0) is 11.3 Å². The molecule has 0 bridgehead atoms. The van der Waals surface area contributed by atoms with Gasteiger partial charge < -0.3 is 5.11 Å². The number of carboxylic acid groups (broad SMARTS) is 1. The van der Waals surface area contributed by atoms with Gasteiger partial charge in [-0.25, -0.2) is 0 Å². The molecular formula is C16H22ClNO2. The van der Waals surface area contributed by atoms with Crippen LogP contribution < -0.4 is 0 Å². The van der Waals surface area contributed by atoms with Crippen molar-refractivity contribution in [2.75, 3.05) is 13.1 Å². The first-order chi connectivity index (χ1) is 9.36. The second kappa shape index (κ2) is 6.15. The summed E-state index contributed by atoms with van der Waals surface area (Å²) in [6.45, 7) is 8.67. The lowest BCUT2D eigenvalue weighted by Gasteiger charge is -2.35. The summed E-state index contributed by atoms with van der Waals surface area (Å²) in [4.78, 5) is 13.5. The fraction of sp³-hybridized carbons (Fsp3) is 0.562. The zero-order valence-corrected chi connectivity index (χ0v) is 13.1. The zero-order chi connectivity index (χ0) is 14.9. The van der Waals surface area contributed by atoms with Gasteiger partial charge in [-0.1, -0.05) is 18.5 Å².